The third-order valence-corrected chi connectivity index (χ3v) is 6.50. The van der Waals surface area contributed by atoms with Gasteiger partial charge in [-0.05, 0) is 35.4 Å². The molecule has 0 saturated carbocycles. The Balaban J connectivity index is 1.81. The van der Waals surface area contributed by atoms with Crippen molar-refractivity contribution >= 4 is 34.1 Å². The van der Waals surface area contributed by atoms with Crippen LogP contribution in [0.3, 0.4) is 0 Å². The Kier molecular flexibility index (Phi) is 10.0. The first-order valence-electron chi connectivity index (χ1n) is 13.4. The average molecular weight is 609 g/mol. The van der Waals surface area contributed by atoms with E-state index in [4.69, 9.17) is 0 Å². The molecule has 0 fully saturated rings. The fourth-order valence-electron chi connectivity index (χ4n) is 4.37. The van der Waals surface area contributed by atoms with Gasteiger partial charge in [0, 0.05) is 36.9 Å². The molecule has 0 radical (unpaired) electrons. The van der Waals surface area contributed by atoms with Crippen molar-refractivity contribution in [2.45, 2.75) is 12.4 Å². The number of hydrogen-bond donors (Lipinski definition) is 0. The van der Waals surface area contributed by atoms with Gasteiger partial charge in [-0.2, -0.15) is 26.3 Å². The molecule has 0 amide bonds. The first-order valence-corrected chi connectivity index (χ1v) is 13.4. The van der Waals surface area contributed by atoms with Crippen molar-refractivity contribution in [3.63, 3.8) is 0 Å². The smallest absolute Gasteiger partial charge is 0.345 e. The van der Waals surface area contributed by atoms with Gasteiger partial charge in [0.2, 0.25) is 0 Å². The Labute approximate surface area is 250 Å². The van der Waals surface area contributed by atoms with E-state index < -0.39 is 35.1 Å². The highest BCUT2D eigenvalue weighted by atomic mass is 19.4. The van der Waals surface area contributed by atoms with Crippen LogP contribution in [0.1, 0.15) is 11.1 Å². The lowest BCUT2D eigenvalue weighted by Crippen LogP contribution is -2.32. The van der Waals surface area contributed by atoms with E-state index >= 15 is 0 Å². The van der Waals surface area contributed by atoms with Crippen LogP contribution in [-0.2, 0) is 9.59 Å². The monoisotopic (exact) mass is 608 g/mol. The zero-order chi connectivity index (χ0) is 31.7. The summed E-state index contributed by atoms with van der Waals surface area (Å²) in [5.41, 5.74) is -0.275. The molecule has 4 rings (SSSR count). The van der Waals surface area contributed by atoms with Gasteiger partial charge in [0.25, 0.3) is 11.6 Å². The Bertz CT molecular complexity index is 1480. The molecular weight excluding hydrogens is 582 g/mol. The van der Waals surface area contributed by atoms with Gasteiger partial charge in [-0.1, -0.05) is 97.1 Å². The van der Waals surface area contributed by atoms with Crippen LogP contribution in [0.15, 0.2) is 134 Å². The molecule has 0 saturated heterocycles. The second-order valence-electron chi connectivity index (χ2n) is 9.53. The third kappa shape index (κ3) is 8.25. The molecule has 44 heavy (non-hydrogen) atoms. The van der Waals surface area contributed by atoms with Gasteiger partial charge >= 0.3 is 12.4 Å². The second kappa shape index (κ2) is 13.9. The lowest BCUT2D eigenvalue weighted by atomic mass is 10.0. The molecule has 0 aliphatic rings. The summed E-state index contributed by atoms with van der Waals surface area (Å²) in [5.74, 6) is -4.10. The van der Waals surface area contributed by atoms with Gasteiger partial charge in [-0.3, -0.25) is 9.59 Å². The normalized spacial score (nSPS) is 12.5. The molecule has 0 heterocycles. The van der Waals surface area contributed by atoms with E-state index in [1.54, 1.807) is 72.8 Å². The predicted octanol–water partition coefficient (Wildman–Crippen LogP) is 8.34. The quantitative estimate of drug-likeness (QED) is 0.127. The van der Waals surface area contributed by atoms with Crippen molar-refractivity contribution in [2.75, 3.05) is 22.9 Å². The summed E-state index contributed by atoms with van der Waals surface area (Å²) in [5, 5.41) is 0. The van der Waals surface area contributed by atoms with Crippen molar-refractivity contribution in [2.24, 2.45) is 0 Å². The lowest BCUT2D eigenvalue weighted by molar-refractivity contribution is -0.164. The highest BCUT2D eigenvalue weighted by Crippen LogP contribution is 2.31. The highest BCUT2D eigenvalue weighted by Gasteiger charge is 2.42. The number of ketones is 2. The number of carbonyl (C=O) groups is 2. The number of benzene rings is 4. The van der Waals surface area contributed by atoms with E-state index in [0.29, 0.717) is 11.4 Å². The van der Waals surface area contributed by atoms with Crippen LogP contribution >= 0.6 is 0 Å². The zero-order valence-corrected chi connectivity index (χ0v) is 23.1. The molecule has 4 aromatic rings. The van der Waals surface area contributed by atoms with E-state index in [1.165, 1.54) is 58.3 Å². The summed E-state index contributed by atoms with van der Waals surface area (Å²) < 4.78 is 82.2. The van der Waals surface area contributed by atoms with Gasteiger partial charge in [0.05, 0.1) is 11.1 Å². The van der Waals surface area contributed by atoms with Crippen molar-refractivity contribution in [1.29, 1.82) is 0 Å². The number of alkyl halides is 6. The number of carbonyl (C=O) groups excluding carboxylic acids is 2. The Morgan fingerprint density at radius 3 is 1.02 bits per heavy atom. The third-order valence-electron chi connectivity index (χ3n) is 6.50. The number of Topliss-reactive ketones (excluding diaryl/α,β-unsaturated/α-hetero) is 2. The Morgan fingerprint density at radius 1 is 0.477 bits per heavy atom. The fourth-order valence-corrected chi connectivity index (χ4v) is 4.37. The van der Waals surface area contributed by atoms with Crippen LogP contribution in [0.2, 0.25) is 0 Å². The summed E-state index contributed by atoms with van der Waals surface area (Å²) >= 11 is 0. The SMILES string of the molecule is O=C(/C(=C\N(CCN(/C=C(\C(=O)C(F)(F)F)c1ccccc1)c1ccccc1)c1ccccc1)c1ccccc1)C(F)(F)F. The summed E-state index contributed by atoms with van der Waals surface area (Å²) in [6.45, 7) is -0.168. The Hall–Kier alpha value is -5.12. The summed E-state index contributed by atoms with van der Waals surface area (Å²) in [4.78, 5) is 28.0. The number of hydrogen-bond acceptors (Lipinski definition) is 4. The standard InChI is InChI=1S/C34H26F6N2O2/c35-33(36,37)31(43)29(25-13-5-1-6-14-25)23-41(27-17-9-3-10-18-27)21-22-42(28-19-11-4-12-20-28)24-30(32(44)34(38,39)40)26-15-7-2-8-16-26/h1-20,23-24H,21-22H2/b29-23-,30-24-. The van der Waals surface area contributed by atoms with E-state index in [2.05, 4.69) is 0 Å². The van der Waals surface area contributed by atoms with Crippen molar-refractivity contribution < 1.29 is 35.9 Å². The van der Waals surface area contributed by atoms with Gasteiger partial charge < -0.3 is 9.80 Å². The number of allylic oxidation sites excluding steroid dienone is 2. The van der Waals surface area contributed by atoms with E-state index in [0.717, 1.165) is 12.4 Å². The number of para-hydroxylation sites is 2. The van der Waals surface area contributed by atoms with Crippen LogP contribution in [-0.4, -0.2) is 37.0 Å². The highest BCUT2D eigenvalue weighted by molar-refractivity contribution is 6.24. The van der Waals surface area contributed by atoms with Gasteiger partial charge in [0.15, 0.2) is 0 Å². The minimum absolute atomic E-state index is 0.0395. The number of anilines is 2. The van der Waals surface area contributed by atoms with Crippen LogP contribution in [0.25, 0.3) is 11.1 Å². The Morgan fingerprint density at radius 2 is 0.750 bits per heavy atom. The molecule has 0 atom stereocenters. The molecule has 0 spiro atoms. The van der Waals surface area contributed by atoms with Gasteiger partial charge in [-0.15, -0.1) is 0 Å². The second-order valence-corrected chi connectivity index (χ2v) is 9.53. The lowest BCUT2D eigenvalue weighted by Gasteiger charge is -2.28. The maximum absolute atomic E-state index is 13.7. The molecule has 226 valence electrons. The molecule has 4 aromatic carbocycles. The molecular formula is C34H26F6N2O2. The van der Waals surface area contributed by atoms with E-state index in [9.17, 15) is 35.9 Å². The number of nitrogens with zero attached hydrogens (tertiary/aromatic N) is 2. The summed E-state index contributed by atoms with van der Waals surface area (Å²) in [7, 11) is 0. The van der Waals surface area contributed by atoms with Gasteiger partial charge in [-0.25, -0.2) is 0 Å². The molecule has 10 heteroatoms. The van der Waals surface area contributed by atoms with Crippen molar-refractivity contribution in [3.05, 3.63) is 145 Å². The number of rotatable bonds is 11. The van der Waals surface area contributed by atoms with E-state index in [-0.39, 0.29) is 24.2 Å². The average Bonchev–Trinajstić information content (AvgIpc) is 3.02. The molecule has 0 aliphatic heterocycles. The molecule has 0 aromatic heterocycles. The fraction of sp³-hybridized carbons (Fsp3) is 0.118. The van der Waals surface area contributed by atoms with Gasteiger partial charge in [0.1, 0.15) is 0 Å². The largest absolute Gasteiger partial charge is 0.454 e. The summed E-state index contributed by atoms with van der Waals surface area (Å²) in [6.07, 6.45) is -8.14. The van der Waals surface area contributed by atoms with E-state index in [1.807, 2.05) is 0 Å². The zero-order valence-electron chi connectivity index (χ0n) is 23.1. The first kappa shape index (κ1) is 31.8. The number of halogens is 6. The van der Waals surface area contributed by atoms with Crippen LogP contribution in [0, 0.1) is 0 Å². The van der Waals surface area contributed by atoms with Crippen molar-refractivity contribution in [1.82, 2.24) is 0 Å². The minimum atomic E-state index is -5.16. The summed E-state index contributed by atoms with van der Waals surface area (Å²) in [6, 6.07) is 31.3. The maximum atomic E-state index is 13.7. The molecule has 4 nitrogen and oxygen atoms in total. The minimum Gasteiger partial charge on any atom is -0.345 e. The predicted molar refractivity (Wildman–Crippen MR) is 159 cm³/mol. The van der Waals surface area contributed by atoms with Crippen molar-refractivity contribution in [3.8, 4) is 0 Å². The topological polar surface area (TPSA) is 40.6 Å². The first-order chi connectivity index (χ1) is 20.9. The van der Waals surface area contributed by atoms with Crippen LogP contribution in [0.4, 0.5) is 37.7 Å². The molecule has 0 aliphatic carbocycles. The molecule has 0 N–H and O–H groups in total. The van der Waals surface area contributed by atoms with Crippen LogP contribution in [0.5, 0.6) is 0 Å². The molecule has 0 unspecified atom stereocenters. The molecule has 0 bridgehead atoms. The maximum Gasteiger partial charge on any atom is 0.454 e. The van der Waals surface area contributed by atoms with Crippen LogP contribution < -0.4 is 9.80 Å².